The molecular formula is C10H13Cl3N2O2. The molecule has 17 heavy (non-hydrogen) atoms. The number of hydrogen-bond acceptors (Lipinski definition) is 3. The molecule has 4 nitrogen and oxygen atoms in total. The fraction of sp³-hybridized carbons (Fsp3) is 0.800. The molecule has 0 bridgehead atoms. The maximum atomic E-state index is 11.7. The van der Waals surface area contributed by atoms with Gasteiger partial charge in [-0.15, -0.1) is 0 Å². The number of nitriles is 1. The molecule has 1 atom stereocenters. The molecule has 0 spiro atoms. The molecule has 1 fully saturated rings. The van der Waals surface area contributed by atoms with Crippen molar-refractivity contribution in [3.8, 4) is 6.07 Å². The summed E-state index contributed by atoms with van der Waals surface area (Å²) >= 11 is 16.5. The lowest BCUT2D eigenvalue weighted by molar-refractivity contribution is 0.0968. The van der Waals surface area contributed by atoms with Crippen molar-refractivity contribution in [1.82, 2.24) is 4.90 Å². The number of rotatable bonds is 1. The number of halogens is 3. The minimum atomic E-state index is -1.62. The standard InChI is InChI=1S/C10H13Cl3N2O2/c11-10(12,13)7-17-9(16)15-5-3-1-2-4-8(15)6-14/h8H,1-5,7H2. The monoisotopic (exact) mass is 298 g/mol. The average Bonchev–Trinajstić information content (AvgIpc) is 2.49. The van der Waals surface area contributed by atoms with Crippen molar-refractivity contribution in [3.63, 3.8) is 0 Å². The molecule has 0 aliphatic carbocycles. The largest absolute Gasteiger partial charge is 0.445 e. The van der Waals surface area contributed by atoms with Gasteiger partial charge in [0.25, 0.3) is 0 Å². The third-order valence-corrected chi connectivity index (χ3v) is 2.82. The second-order valence-electron chi connectivity index (χ2n) is 3.86. The van der Waals surface area contributed by atoms with Crippen LogP contribution >= 0.6 is 34.8 Å². The number of ether oxygens (including phenoxy) is 1. The first kappa shape index (κ1) is 14.7. The van der Waals surface area contributed by atoms with Crippen LogP contribution in [0.3, 0.4) is 0 Å². The molecule has 1 unspecified atom stereocenters. The summed E-state index contributed by atoms with van der Waals surface area (Å²) in [5.74, 6) is 0. The Morgan fingerprint density at radius 1 is 1.41 bits per heavy atom. The molecule has 1 aliphatic rings. The molecule has 1 heterocycles. The highest BCUT2D eigenvalue weighted by molar-refractivity contribution is 6.67. The summed E-state index contributed by atoms with van der Waals surface area (Å²) in [5, 5.41) is 8.99. The molecule has 0 aromatic rings. The smallest absolute Gasteiger partial charge is 0.410 e. The van der Waals surface area contributed by atoms with Crippen LogP contribution in [0.25, 0.3) is 0 Å². The van der Waals surface area contributed by atoms with Crippen LogP contribution in [0.15, 0.2) is 0 Å². The zero-order chi connectivity index (χ0) is 12.9. The van der Waals surface area contributed by atoms with Crippen LogP contribution in [-0.4, -0.2) is 34.0 Å². The Balaban J connectivity index is 2.56. The van der Waals surface area contributed by atoms with E-state index in [4.69, 9.17) is 44.8 Å². The van der Waals surface area contributed by atoms with E-state index >= 15 is 0 Å². The lowest BCUT2D eigenvalue weighted by Gasteiger charge is -2.25. The topological polar surface area (TPSA) is 53.3 Å². The highest BCUT2D eigenvalue weighted by Crippen LogP contribution is 2.26. The first-order valence-corrected chi connectivity index (χ1v) is 6.47. The number of nitrogens with zero attached hydrogens (tertiary/aromatic N) is 2. The van der Waals surface area contributed by atoms with Crippen molar-refractivity contribution >= 4 is 40.9 Å². The molecule has 0 radical (unpaired) electrons. The quantitative estimate of drug-likeness (QED) is 0.698. The van der Waals surface area contributed by atoms with Crippen LogP contribution in [0.1, 0.15) is 25.7 Å². The van der Waals surface area contributed by atoms with Crippen LogP contribution < -0.4 is 0 Å². The van der Waals surface area contributed by atoms with Gasteiger partial charge < -0.3 is 4.74 Å². The van der Waals surface area contributed by atoms with E-state index in [0.717, 1.165) is 19.3 Å². The molecule has 1 rings (SSSR count). The Morgan fingerprint density at radius 3 is 2.71 bits per heavy atom. The Kier molecular flexibility index (Phi) is 5.64. The summed E-state index contributed by atoms with van der Waals surface area (Å²) < 4.78 is 3.25. The third-order valence-electron chi connectivity index (χ3n) is 2.50. The van der Waals surface area contributed by atoms with Gasteiger partial charge in [-0.3, -0.25) is 4.90 Å². The van der Waals surface area contributed by atoms with E-state index in [1.807, 2.05) is 0 Å². The molecule has 0 N–H and O–H groups in total. The van der Waals surface area contributed by atoms with Gasteiger partial charge in [-0.1, -0.05) is 47.6 Å². The summed E-state index contributed by atoms with van der Waals surface area (Å²) in [7, 11) is 0. The molecule has 7 heteroatoms. The summed E-state index contributed by atoms with van der Waals surface area (Å²) in [6.07, 6.45) is 2.88. The zero-order valence-corrected chi connectivity index (χ0v) is 11.4. The molecular weight excluding hydrogens is 286 g/mol. The lowest BCUT2D eigenvalue weighted by Crippen LogP contribution is -2.40. The van der Waals surface area contributed by atoms with E-state index in [-0.39, 0.29) is 6.61 Å². The minimum absolute atomic E-state index is 0.314. The van der Waals surface area contributed by atoms with Crippen molar-refractivity contribution in [2.24, 2.45) is 0 Å². The predicted molar refractivity (Wildman–Crippen MR) is 66.2 cm³/mol. The number of alkyl halides is 3. The number of hydrogen-bond donors (Lipinski definition) is 0. The van der Waals surface area contributed by atoms with Crippen molar-refractivity contribution in [1.29, 1.82) is 5.26 Å². The van der Waals surface area contributed by atoms with Crippen LogP contribution in [-0.2, 0) is 4.74 Å². The van der Waals surface area contributed by atoms with Gasteiger partial charge in [0, 0.05) is 6.54 Å². The summed E-state index contributed by atoms with van der Waals surface area (Å²) in [6.45, 7) is 0.196. The second kappa shape index (κ2) is 6.53. The van der Waals surface area contributed by atoms with E-state index in [2.05, 4.69) is 6.07 Å². The minimum Gasteiger partial charge on any atom is -0.445 e. The van der Waals surface area contributed by atoms with Crippen LogP contribution in [0, 0.1) is 11.3 Å². The molecule has 1 saturated heterocycles. The Hall–Kier alpha value is -0.370. The highest BCUT2D eigenvalue weighted by atomic mass is 35.6. The molecule has 0 aromatic heterocycles. The fourth-order valence-corrected chi connectivity index (χ4v) is 1.85. The van der Waals surface area contributed by atoms with Crippen molar-refractivity contribution in [2.75, 3.05) is 13.2 Å². The Labute approximate surface area is 115 Å². The average molecular weight is 300 g/mol. The number of likely N-dealkylation sites (tertiary alicyclic amines) is 1. The van der Waals surface area contributed by atoms with Gasteiger partial charge >= 0.3 is 6.09 Å². The molecule has 1 amide bonds. The van der Waals surface area contributed by atoms with E-state index in [9.17, 15) is 4.79 Å². The van der Waals surface area contributed by atoms with Gasteiger partial charge in [0.2, 0.25) is 3.79 Å². The third kappa shape index (κ3) is 5.20. The van der Waals surface area contributed by atoms with Gasteiger partial charge in [-0.25, -0.2) is 4.79 Å². The van der Waals surface area contributed by atoms with Gasteiger partial charge in [0.05, 0.1) is 6.07 Å². The van der Waals surface area contributed by atoms with Crippen LogP contribution in [0.5, 0.6) is 0 Å². The SMILES string of the molecule is N#CC1CCCCCN1C(=O)OCC(Cl)(Cl)Cl. The van der Waals surface area contributed by atoms with Gasteiger partial charge in [0.15, 0.2) is 0 Å². The second-order valence-corrected chi connectivity index (χ2v) is 6.37. The first-order valence-electron chi connectivity index (χ1n) is 5.34. The molecule has 96 valence electrons. The van der Waals surface area contributed by atoms with Gasteiger partial charge in [-0.05, 0) is 12.8 Å². The van der Waals surface area contributed by atoms with Gasteiger partial charge in [0.1, 0.15) is 12.6 Å². The summed E-state index contributed by atoms with van der Waals surface area (Å²) in [6, 6.07) is 1.65. The Bertz CT molecular complexity index is 312. The van der Waals surface area contributed by atoms with E-state index in [1.54, 1.807) is 0 Å². The zero-order valence-electron chi connectivity index (χ0n) is 9.16. The van der Waals surface area contributed by atoms with Crippen molar-refractivity contribution in [3.05, 3.63) is 0 Å². The highest BCUT2D eigenvalue weighted by Gasteiger charge is 2.29. The van der Waals surface area contributed by atoms with Crippen LogP contribution in [0.2, 0.25) is 0 Å². The lowest BCUT2D eigenvalue weighted by atomic mass is 10.1. The van der Waals surface area contributed by atoms with Crippen molar-refractivity contribution in [2.45, 2.75) is 35.5 Å². The van der Waals surface area contributed by atoms with Crippen molar-refractivity contribution < 1.29 is 9.53 Å². The normalized spacial score (nSPS) is 21.5. The number of carbonyl (C=O) groups excluding carboxylic acids is 1. The van der Waals surface area contributed by atoms with E-state index < -0.39 is 15.9 Å². The predicted octanol–water partition coefficient (Wildman–Crippen LogP) is 3.26. The first-order chi connectivity index (χ1) is 7.94. The maximum absolute atomic E-state index is 11.7. The number of amides is 1. The van der Waals surface area contributed by atoms with Crippen LogP contribution in [0.4, 0.5) is 4.79 Å². The fourth-order valence-electron chi connectivity index (χ4n) is 1.69. The van der Waals surface area contributed by atoms with Gasteiger partial charge in [-0.2, -0.15) is 5.26 Å². The summed E-state index contributed by atoms with van der Waals surface area (Å²) in [5.41, 5.74) is 0. The maximum Gasteiger partial charge on any atom is 0.410 e. The summed E-state index contributed by atoms with van der Waals surface area (Å²) in [4.78, 5) is 13.1. The number of carbonyl (C=O) groups is 1. The van der Waals surface area contributed by atoms with E-state index in [0.29, 0.717) is 13.0 Å². The molecule has 0 aromatic carbocycles. The Morgan fingerprint density at radius 2 is 2.12 bits per heavy atom. The van der Waals surface area contributed by atoms with E-state index in [1.165, 1.54) is 4.90 Å². The molecule has 0 saturated carbocycles. The molecule has 1 aliphatic heterocycles.